The second-order valence-electron chi connectivity index (χ2n) is 5.73. The second kappa shape index (κ2) is 10.9. The largest absolute Gasteiger partial charge is 0.273 e. The summed E-state index contributed by atoms with van der Waals surface area (Å²) in [4.78, 5) is 24.0. The van der Waals surface area contributed by atoms with Gasteiger partial charge in [-0.3, -0.25) is 9.59 Å². The van der Waals surface area contributed by atoms with Crippen molar-refractivity contribution in [3.63, 3.8) is 0 Å². The van der Waals surface area contributed by atoms with E-state index >= 15 is 0 Å². The van der Waals surface area contributed by atoms with Gasteiger partial charge in [-0.25, -0.2) is 4.31 Å². The molecule has 1 saturated heterocycles. The van der Waals surface area contributed by atoms with Gasteiger partial charge in [-0.05, 0) is 19.3 Å². The Bertz CT molecular complexity index is 424. The molecule has 132 valence electrons. The minimum Gasteiger partial charge on any atom is -0.273 e. The topological polar surface area (TPSA) is 37.4 Å². The number of alkyl halides is 3. The van der Waals surface area contributed by atoms with Crippen molar-refractivity contribution in [2.24, 2.45) is 5.92 Å². The third-order valence-electron chi connectivity index (χ3n) is 3.70. The molecule has 1 heterocycles. The van der Waals surface area contributed by atoms with Crippen molar-refractivity contribution in [1.82, 2.24) is 4.31 Å². The predicted molar refractivity (Wildman–Crippen MR) is 99.6 cm³/mol. The monoisotopic (exact) mass is 399 g/mol. The average Bonchev–Trinajstić information content (AvgIpc) is 2.72. The Labute approximate surface area is 158 Å². The summed E-state index contributed by atoms with van der Waals surface area (Å²) in [5, 5.41) is 0. The summed E-state index contributed by atoms with van der Waals surface area (Å²) < 4.78 is -0.715. The van der Waals surface area contributed by atoms with Gasteiger partial charge in [-0.1, -0.05) is 86.0 Å². The standard InChI is InChI=1S/C16H24Cl3NO2S/c1-2-3-4-5-6-7-8-9-10-11-13-12-14(21)20(15(13)22)23-16(17,18)19/h9-10,13H,2-8,11-12H2,1H3. The van der Waals surface area contributed by atoms with Crippen LogP contribution in [0.2, 0.25) is 0 Å². The van der Waals surface area contributed by atoms with Crippen LogP contribution >= 0.6 is 46.8 Å². The highest BCUT2D eigenvalue weighted by molar-refractivity contribution is 8.03. The smallest absolute Gasteiger partial charge is 0.256 e. The Hall–Kier alpha value is 0.1000. The maximum atomic E-state index is 12.1. The van der Waals surface area contributed by atoms with Crippen LogP contribution in [0.4, 0.5) is 0 Å². The number of carbonyl (C=O) groups excluding carboxylic acids is 2. The summed E-state index contributed by atoms with van der Waals surface area (Å²) >= 11 is 17.5. The van der Waals surface area contributed by atoms with Gasteiger partial charge in [0.25, 0.3) is 3.12 Å². The summed E-state index contributed by atoms with van der Waals surface area (Å²) in [5.41, 5.74) is 0. The molecule has 1 rings (SSSR count). The predicted octanol–water partition coefficient (Wildman–Crippen LogP) is 6.03. The third kappa shape index (κ3) is 8.67. The molecule has 0 aromatic carbocycles. The number of amides is 2. The van der Waals surface area contributed by atoms with Crippen molar-refractivity contribution in [1.29, 1.82) is 0 Å². The Morgan fingerprint density at radius 2 is 1.78 bits per heavy atom. The lowest BCUT2D eigenvalue weighted by Crippen LogP contribution is -2.26. The number of imide groups is 1. The lowest BCUT2D eigenvalue weighted by molar-refractivity contribution is -0.132. The number of halogens is 3. The van der Waals surface area contributed by atoms with E-state index in [4.69, 9.17) is 34.8 Å². The zero-order chi connectivity index (χ0) is 17.3. The summed E-state index contributed by atoms with van der Waals surface area (Å²) in [7, 11) is 0. The molecule has 0 saturated carbocycles. The van der Waals surface area contributed by atoms with Crippen molar-refractivity contribution in [2.75, 3.05) is 0 Å². The van der Waals surface area contributed by atoms with Crippen LogP contribution in [0.5, 0.6) is 0 Å². The molecule has 1 aliphatic rings. The molecule has 0 aliphatic carbocycles. The summed E-state index contributed by atoms with van der Waals surface area (Å²) in [6.07, 6.45) is 13.5. The summed E-state index contributed by atoms with van der Waals surface area (Å²) in [5.74, 6) is -0.889. The number of carbonyl (C=O) groups is 2. The SMILES string of the molecule is CCCCCCCCC=CCC1CC(=O)N(SC(Cl)(Cl)Cl)C1=O. The Morgan fingerprint density at radius 3 is 2.43 bits per heavy atom. The number of hydrogen-bond donors (Lipinski definition) is 0. The fraction of sp³-hybridized carbons (Fsp3) is 0.750. The molecule has 7 heteroatoms. The van der Waals surface area contributed by atoms with Crippen LogP contribution in [0.15, 0.2) is 12.2 Å². The lowest BCUT2D eigenvalue weighted by Gasteiger charge is -2.17. The van der Waals surface area contributed by atoms with E-state index in [9.17, 15) is 9.59 Å². The van der Waals surface area contributed by atoms with Gasteiger partial charge in [0.1, 0.15) is 0 Å². The van der Waals surface area contributed by atoms with Gasteiger partial charge in [0, 0.05) is 18.4 Å². The molecule has 0 spiro atoms. The molecule has 1 fully saturated rings. The van der Waals surface area contributed by atoms with E-state index in [0.717, 1.165) is 10.7 Å². The molecule has 2 amide bonds. The van der Waals surface area contributed by atoms with E-state index < -0.39 is 3.12 Å². The van der Waals surface area contributed by atoms with Gasteiger partial charge in [0.2, 0.25) is 11.8 Å². The van der Waals surface area contributed by atoms with E-state index in [2.05, 4.69) is 13.0 Å². The normalized spacial score (nSPS) is 19.3. The molecule has 0 aromatic heterocycles. The zero-order valence-corrected chi connectivity index (χ0v) is 16.5. The Kier molecular flexibility index (Phi) is 9.98. The van der Waals surface area contributed by atoms with Crippen molar-refractivity contribution in [3.05, 3.63) is 12.2 Å². The number of hydrogen-bond acceptors (Lipinski definition) is 3. The van der Waals surface area contributed by atoms with Gasteiger partial charge in [0.15, 0.2) is 0 Å². The zero-order valence-electron chi connectivity index (χ0n) is 13.4. The van der Waals surface area contributed by atoms with Crippen LogP contribution < -0.4 is 0 Å². The Morgan fingerprint density at radius 1 is 1.13 bits per heavy atom. The van der Waals surface area contributed by atoms with Crippen molar-refractivity contribution >= 4 is 58.6 Å². The number of allylic oxidation sites excluding steroid dienone is 2. The fourth-order valence-electron chi connectivity index (χ4n) is 2.47. The summed E-state index contributed by atoms with van der Waals surface area (Å²) in [6, 6.07) is 0. The molecule has 0 radical (unpaired) electrons. The molecule has 1 unspecified atom stereocenters. The van der Waals surface area contributed by atoms with Crippen molar-refractivity contribution in [3.8, 4) is 0 Å². The van der Waals surface area contributed by atoms with E-state index in [1.807, 2.05) is 6.08 Å². The van der Waals surface area contributed by atoms with Crippen LogP contribution in [0.3, 0.4) is 0 Å². The number of rotatable bonds is 10. The van der Waals surface area contributed by atoms with Gasteiger partial charge < -0.3 is 0 Å². The first-order valence-corrected chi connectivity index (χ1v) is 10.0. The molecule has 23 heavy (non-hydrogen) atoms. The fourth-order valence-corrected chi connectivity index (χ4v) is 3.72. The molecular formula is C16H24Cl3NO2S. The molecule has 1 atom stereocenters. The van der Waals surface area contributed by atoms with E-state index in [-0.39, 0.29) is 24.2 Å². The van der Waals surface area contributed by atoms with Crippen LogP contribution in [-0.2, 0) is 9.59 Å². The van der Waals surface area contributed by atoms with Gasteiger partial charge >= 0.3 is 0 Å². The van der Waals surface area contributed by atoms with Crippen LogP contribution in [-0.4, -0.2) is 19.2 Å². The van der Waals surface area contributed by atoms with Crippen LogP contribution in [0.1, 0.15) is 64.7 Å². The highest BCUT2D eigenvalue weighted by Crippen LogP contribution is 2.44. The lowest BCUT2D eigenvalue weighted by atomic mass is 10.0. The van der Waals surface area contributed by atoms with E-state index in [1.54, 1.807) is 0 Å². The number of unbranched alkanes of at least 4 members (excludes halogenated alkanes) is 6. The second-order valence-corrected chi connectivity index (χ2v) is 9.84. The summed E-state index contributed by atoms with van der Waals surface area (Å²) in [6.45, 7) is 2.21. The van der Waals surface area contributed by atoms with E-state index in [1.165, 1.54) is 38.5 Å². The Balaban J connectivity index is 2.24. The molecule has 3 nitrogen and oxygen atoms in total. The molecule has 0 aromatic rings. The first-order chi connectivity index (χ1) is 10.8. The van der Waals surface area contributed by atoms with Crippen LogP contribution in [0.25, 0.3) is 0 Å². The number of nitrogens with zero attached hydrogens (tertiary/aromatic N) is 1. The first kappa shape index (κ1) is 21.1. The van der Waals surface area contributed by atoms with Gasteiger partial charge in [-0.15, -0.1) is 0 Å². The van der Waals surface area contributed by atoms with Gasteiger partial charge in [-0.2, -0.15) is 0 Å². The third-order valence-corrected chi connectivity index (χ3v) is 5.10. The minimum atomic E-state index is -1.70. The van der Waals surface area contributed by atoms with Crippen molar-refractivity contribution in [2.45, 2.75) is 67.8 Å². The maximum Gasteiger partial charge on any atom is 0.256 e. The molecule has 0 bridgehead atoms. The van der Waals surface area contributed by atoms with Crippen molar-refractivity contribution < 1.29 is 9.59 Å². The van der Waals surface area contributed by atoms with E-state index in [0.29, 0.717) is 18.4 Å². The molecular weight excluding hydrogens is 377 g/mol. The highest BCUT2D eigenvalue weighted by Gasteiger charge is 2.42. The van der Waals surface area contributed by atoms with Gasteiger partial charge in [0.05, 0.1) is 5.92 Å². The molecule has 0 N–H and O–H groups in total. The minimum absolute atomic E-state index is 0.188. The highest BCUT2D eigenvalue weighted by atomic mass is 35.6. The molecule has 1 aliphatic heterocycles. The van der Waals surface area contributed by atoms with Crippen LogP contribution in [0, 0.1) is 5.92 Å². The quantitative estimate of drug-likeness (QED) is 0.148. The average molecular weight is 401 g/mol. The first-order valence-electron chi connectivity index (χ1n) is 8.12. The maximum absolute atomic E-state index is 12.1.